The highest BCUT2D eigenvalue weighted by Crippen LogP contribution is 2.42. The third-order valence-corrected chi connectivity index (χ3v) is 7.42. The zero-order chi connectivity index (χ0) is 24.7. The van der Waals surface area contributed by atoms with Crippen molar-refractivity contribution in [2.45, 2.75) is 39.2 Å². The van der Waals surface area contributed by atoms with Gasteiger partial charge in [0.25, 0.3) is 17.7 Å². The van der Waals surface area contributed by atoms with Gasteiger partial charge in [-0.15, -0.1) is 0 Å². The lowest BCUT2D eigenvalue weighted by Gasteiger charge is -2.35. The first-order valence-electron chi connectivity index (χ1n) is 11.1. The van der Waals surface area contributed by atoms with E-state index in [1.165, 1.54) is 37.3 Å². The first-order valence-corrected chi connectivity index (χ1v) is 12.2. The number of amides is 3. The summed E-state index contributed by atoms with van der Waals surface area (Å²) in [4.78, 5) is 54.0. The van der Waals surface area contributed by atoms with Crippen LogP contribution >= 0.6 is 34.8 Å². The van der Waals surface area contributed by atoms with Crippen molar-refractivity contribution < 1.29 is 19.2 Å². The average molecular weight is 522 g/mol. The van der Waals surface area contributed by atoms with Crippen molar-refractivity contribution in [2.24, 2.45) is 17.8 Å². The van der Waals surface area contributed by atoms with Crippen LogP contribution < -0.4 is 0 Å². The van der Waals surface area contributed by atoms with E-state index < -0.39 is 41.4 Å². The summed E-state index contributed by atoms with van der Waals surface area (Å²) in [5, 5.41) is 2.66. The molecule has 2 fully saturated rings. The van der Waals surface area contributed by atoms with Gasteiger partial charge >= 0.3 is 0 Å². The van der Waals surface area contributed by atoms with E-state index in [-0.39, 0.29) is 10.6 Å². The Labute approximate surface area is 212 Å². The average Bonchev–Trinajstić information content (AvgIpc) is 3.03. The van der Waals surface area contributed by atoms with Gasteiger partial charge in [-0.3, -0.25) is 19.2 Å². The van der Waals surface area contributed by atoms with Crippen LogP contribution in [0.5, 0.6) is 0 Å². The molecular formula is C25H23Cl3N2O4. The predicted molar refractivity (Wildman–Crippen MR) is 130 cm³/mol. The summed E-state index contributed by atoms with van der Waals surface area (Å²) in [6.45, 7) is 3.53. The molecule has 0 spiro atoms. The Bertz CT molecular complexity index is 1170. The molecule has 4 atom stereocenters. The number of hydrazine groups is 1. The third kappa shape index (κ3) is 4.47. The molecule has 1 saturated heterocycles. The lowest BCUT2D eigenvalue weighted by Crippen LogP contribution is -2.56. The summed E-state index contributed by atoms with van der Waals surface area (Å²) in [5.41, 5.74) is 0.327. The van der Waals surface area contributed by atoms with Crippen molar-refractivity contribution in [3.63, 3.8) is 0 Å². The summed E-state index contributed by atoms with van der Waals surface area (Å²) < 4.78 is 0. The highest BCUT2D eigenvalue weighted by atomic mass is 35.5. The normalized spacial score (nSPS) is 23.0. The molecule has 0 aromatic heterocycles. The Kier molecular flexibility index (Phi) is 7.04. The van der Waals surface area contributed by atoms with Gasteiger partial charge in [0.2, 0.25) is 0 Å². The Hall–Kier alpha value is -2.41. The zero-order valence-corrected chi connectivity index (χ0v) is 20.9. The number of benzene rings is 2. The van der Waals surface area contributed by atoms with Crippen LogP contribution in [0.25, 0.3) is 0 Å². The molecule has 0 N–H and O–H groups in total. The number of fused-ring (bicyclic) bond motifs is 1. The van der Waals surface area contributed by atoms with Crippen molar-refractivity contribution in [1.29, 1.82) is 0 Å². The summed E-state index contributed by atoms with van der Waals surface area (Å²) in [6.07, 6.45) is 1.95. The van der Waals surface area contributed by atoms with Crippen LogP contribution in [-0.2, 0) is 9.59 Å². The molecular weight excluding hydrogens is 499 g/mol. The number of halogens is 3. The molecule has 34 heavy (non-hydrogen) atoms. The summed E-state index contributed by atoms with van der Waals surface area (Å²) in [7, 11) is 0. The van der Waals surface area contributed by atoms with Gasteiger partial charge in [-0.2, -0.15) is 5.01 Å². The van der Waals surface area contributed by atoms with Gasteiger partial charge in [-0.25, -0.2) is 5.01 Å². The van der Waals surface area contributed by atoms with Crippen LogP contribution in [0.2, 0.25) is 15.1 Å². The number of carbonyl (C=O) groups excluding carboxylic acids is 4. The Morgan fingerprint density at radius 2 is 1.56 bits per heavy atom. The van der Waals surface area contributed by atoms with E-state index in [1.807, 2.05) is 6.92 Å². The molecule has 3 amide bonds. The number of rotatable bonds is 5. The van der Waals surface area contributed by atoms with Gasteiger partial charge in [-0.05, 0) is 74.6 Å². The maximum absolute atomic E-state index is 13.7. The number of Topliss-reactive ketones (excluding diaryl/α,β-unsaturated/α-hetero) is 1. The lowest BCUT2D eigenvalue weighted by molar-refractivity contribution is -0.156. The molecule has 2 aromatic rings. The molecule has 0 bridgehead atoms. The van der Waals surface area contributed by atoms with Gasteiger partial charge in [0.1, 0.15) is 6.04 Å². The van der Waals surface area contributed by atoms with Crippen LogP contribution in [0.1, 0.15) is 53.8 Å². The maximum Gasteiger partial charge on any atom is 0.275 e. The largest absolute Gasteiger partial charge is 0.292 e. The fourth-order valence-electron chi connectivity index (χ4n) is 4.78. The number of carbonyl (C=O) groups is 4. The highest BCUT2D eigenvalue weighted by molar-refractivity contribution is 6.37. The van der Waals surface area contributed by atoms with E-state index in [9.17, 15) is 19.2 Å². The van der Waals surface area contributed by atoms with E-state index in [0.29, 0.717) is 34.4 Å². The third-order valence-electron chi connectivity index (χ3n) is 6.62. The minimum atomic E-state index is -1.16. The SMILES string of the molecule is C[C@@H]1CC[C@@H]2C(=O)N(N(C(=O)c3ccc(Cl)cc3Cl)[C@@H](C)C(=O)c3ccc(Cl)cc3)C(=O)[C@H]2C1. The molecule has 1 aliphatic heterocycles. The fraction of sp³-hybridized carbons (Fsp3) is 0.360. The van der Waals surface area contributed by atoms with Crippen LogP contribution in [0.15, 0.2) is 42.5 Å². The molecule has 6 nitrogen and oxygen atoms in total. The van der Waals surface area contributed by atoms with Crippen LogP contribution in [0.3, 0.4) is 0 Å². The minimum absolute atomic E-state index is 0.0330. The molecule has 1 heterocycles. The molecule has 178 valence electrons. The van der Waals surface area contributed by atoms with E-state index in [0.717, 1.165) is 16.4 Å². The molecule has 2 aromatic carbocycles. The van der Waals surface area contributed by atoms with Crippen molar-refractivity contribution in [1.82, 2.24) is 10.0 Å². The second-order valence-corrected chi connectivity index (χ2v) is 10.2. The number of hydrogen-bond acceptors (Lipinski definition) is 4. The molecule has 9 heteroatoms. The monoisotopic (exact) mass is 520 g/mol. The van der Waals surface area contributed by atoms with Crippen molar-refractivity contribution in [3.05, 3.63) is 68.7 Å². The first-order chi connectivity index (χ1) is 16.1. The first kappa shape index (κ1) is 24.7. The van der Waals surface area contributed by atoms with Crippen molar-refractivity contribution in [2.75, 3.05) is 0 Å². The van der Waals surface area contributed by atoms with Crippen molar-refractivity contribution >= 4 is 58.3 Å². The van der Waals surface area contributed by atoms with E-state index in [1.54, 1.807) is 12.1 Å². The maximum atomic E-state index is 13.7. The summed E-state index contributed by atoms with van der Waals surface area (Å²) >= 11 is 18.2. The number of hydrogen-bond donors (Lipinski definition) is 0. The standard InChI is InChI=1S/C25H23Cl3N2O4/c1-13-3-9-18-20(11-13)25(34)30(23(18)32)29(24(33)19-10-8-17(27)12-21(19)28)14(2)22(31)15-4-6-16(26)7-5-15/h4-8,10,12-14,18,20H,3,9,11H2,1-2H3/t13-,14+,18+,20+/m1/s1. The topological polar surface area (TPSA) is 74.8 Å². The van der Waals surface area contributed by atoms with Gasteiger partial charge in [0.15, 0.2) is 5.78 Å². The van der Waals surface area contributed by atoms with E-state index >= 15 is 0 Å². The fourth-order valence-corrected chi connectivity index (χ4v) is 5.39. The van der Waals surface area contributed by atoms with Gasteiger partial charge in [-0.1, -0.05) is 41.7 Å². The Morgan fingerprint density at radius 3 is 2.21 bits per heavy atom. The molecule has 0 unspecified atom stereocenters. The quantitative estimate of drug-likeness (QED) is 0.374. The van der Waals surface area contributed by atoms with Gasteiger partial charge in [0.05, 0.1) is 22.4 Å². The number of ketones is 1. The molecule has 1 saturated carbocycles. The minimum Gasteiger partial charge on any atom is -0.292 e. The van der Waals surface area contributed by atoms with Crippen LogP contribution in [0.4, 0.5) is 0 Å². The molecule has 2 aliphatic rings. The summed E-state index contributed by atoms with van der Waals surface area (Å²) in [6, 6.07) is 9.33. The smallest absolute Gasteiger partial charge is 0.275 e. The highest BCUT2D eigenvalue weighted by Gasteiger charge is 2.54. The second-order valence-electron chi connectivity index (χ2n) is 8.94. The van der Waals surface area contributed by atoms with E-state index in [2.05, 4.69) is 0 Å². The molecule has 1 aliphatic carbocycles. The molecule has 4 rings (SSSR count). The van der Waals surface area contributed by atoms with Gasteiger partial charge in [0, 0.05) is 15.6 Å². The zero-order valence-electron chi connectivity index (χ0n) is 18.6. The van der Waals surface area contributed by atoms with E-state index in [4.69, 9.17) is 34.8 Å². The predicted octanol–water partition coefficient (Wildman–Crippen LogP) is 5.70. The summed E-state index contributed by atoms with van der Waals surface area (Å²) in [5.74, 6) is -2.82. The lowest BCUT2D eigenvalue weighted by atomic mass is 9.76. The van der Waals surface area contributed by atoms with Gasteiger partial charge < -0.3 is 0 Å². The Balaban J connectivity index is 1.77. The number of nitrogens with zero attached hydrogens (tertiary/aromatic N) is 2. The van der Waals surface area contributed by atoms with Crippen LogP contribution in [0, 0.1) is 17.8 Å². The Morgan fingerprint density at radius 1 is 0.941 bits per heavy atom. The second kappa shape index (κ2) is 9.68. The van der Waals surface area contributed by atoms with Crippen LogP contribution in [-0.4, -0.2) is 39.6 Å². The number of imide groups is 1. The molecule has 0 radical (unpaired) electrons. The van der Waals surface area contributed by atoms with Crippen molar-refractivity contribution in [3.8, 4) is 0 Å².